The van der Waals surface area contributed by atoms with Crippen LogP contribution in [0.4, 0.5) is 17.6 Å². The minimum atomic E-state index is -4.68. The Kier molecular flexibility index (Phi) is 4.43. The van der Waals surface area contributed by atoms with Crippen LogP contribution in [0.1, 0.15) is 42.6 Å². The Balaban J connectivity index is 1.42. The Morgan fingerprint density at radius 3 is 2.61 bits per heavy atom. The molecule has 0 radical (unpaired) electrons. The molecule has 2 aromatic heterocycles. The summed E-state index contributed by atoms with van der Waals surface area (Å²) in [6.45, 7) is 0. The third-order valence-corrected chi connectivity index (χ3v) is 6.10. The topological polar surface area (TPSA) is 63.2 Å². The number of hydrogen-bond acceptors (Lipinski definition) is 4. The number of nitrogens with zero attached hydrogens (tertiary/aromatic N) is 4. The molecule has 0 spiro atoms. The van der Waals surface area contributed by atoms with E-state index in [9.17, 15) is 22.8 Å². The molecule has 2 saturated carbocycles. The minimum Gasteiger partial charge on any atom is -0.489 e. The molecule has 0 aliphatic heterocycles. The average Bonchev–Trinajstić information content (AvgIpc) is 3.42. The maximum Gasteiger partial charge on any atom is 0.423 e. The highest BCUT2D eigenvalue weighted by Crippen LogP contribution is 2.47. The highest BCUT2D eigenvalue weighted by molar-refractivity contribution is 5.57. The Labute approximate surface area is 175 Å². The number of rotatable bonds is 5. The van der Waals surface area contributed by atoms with E-state index in [-0.39, 0.29) is 24.2 Å². The third-order valence-electron chi connectivity index (χ3n) is 6.10. The first kappa shape index (κ1) is 19.8. The maximum absolute atomic E-state index is 13.9. The van der Waals surface area contributed by atoms with Gasteiger partial charge in [0.15, 0.2) is 5.65 Å². The molecule has 2 aliphatic rings. The zero-order valence-corrected chi connectivity index (χ0v) is 16.4. The molecule has 3 aromatic rings. The van der Waals surface area contributed by atoms with Crippen LogP contribution in [0.15, 0.2) is 36.5 Å². The highest BCUT2D eigenvalue weighted by atomic mass is 19.4. The van der Waals surface area contributed by atoms with Gasteiger partial charge in [0.05, 0.1) is 11.5 Å². The second kappa shape index (κ2) is 6.94. The van der Waals surface area contributed by atoms with Crippen molar-refractivity contribution < 1.29 is 22.3 Å². The molecule has 0 atom stereocenters. The first-order chi connectivity index (χ1) is 14.8. The molecule has 2 aliphatic carbocycles. The lowest BCUT2D eigenvalue weighted by molar-refractivity contribution is -0.138. The van der Waals surface area contributed by atoms with Gasteiger partial charge < -0.3 is 4.74 Å². The molecular formula is C22H18F4N4O. The van der Waals surface area contributed by atoms with Gasteiger partial charge in [-0.1, -0.05) is 12.1 Å². The largest absolute Gasteiger partial charge is 0.489 e. The fraction of sp³-hybridized carbons (Fsp3) is 0.409. The molecule has 1 aromatic carbocycles. The van der Waals surface area contributed by atoms with Crippen molar-refractivity contribution in [1.82, 2.24) is 14.6 Å². The highest BCUT2D eigenvalue weighted by Gasteiger charge is 2.49. The van der Waals surface area contributed by atoms with Crippen LogP contribution in [0.2, 0.25) is 0 Å². The molecule has 2 heterocycles. The molecule has 160 valence electrons. The van der Waals surface area contributed by atoms with Crippen LogP contribution >= 0.6 is 0 Å². The van der Waals surface area contributed by atoms with E-state index in [4.69, 9.17) is 4.74 Å². The molecule has 2 fully saturated rings. The minimum absolute atomic E-state index is 0.176. The molecule has 5 nitrogen and oxygen atoms in total. The lowest BCUT2D eigenvalue weighted by Crippen LogP contribution is -2.46. The Hall–Kier alpha value is -3.15. The summed E-state index contributed by atoms with van der Waals surface area (Å²) < 4.78 is 62.4. The van der Waals surface area contributed by atoms with Gasteiger partial charge in [0.2, 0.25) is 0 Å². The number of benzene rings is 1. The fourth-order valence-corrected chi connectivity index (χ4v) is 4.23. The van der Waals surface area contributed by atoms with E-state index in [0.717, 1.165) is 12.8 Å². The SMILES string of the molecule is N#CC1(c2cccc(F)c2)CC(Oc2ccn3c(CC4CC4)nnc3c2C(F)(F)F)C1. The smallest absolute Gasteiger partial charge is 0.423 e. The van der Waals surface area contributed by atoms with E-state index < -0.39 is 29.1 Å². The molecule has 5 rings (SSSR count). The fourth-order valence-electron chi connectivity index (χ4n) is 4.23. The van der Waals surface area contributed by atoms with Crippen LogP contribution in [-0.4, -0.2) is 20.7 Å². The molecule has 31 heavy (non-hydrogen) atoms. The Morgan fingerprint density at radius 2 is 1.97 bits per heavy atom. The number of ether oxygens (including phenoxy) is 1. The van der Waals surface area contributed by atoms with Crippen molar-refractivity contribution in [3.63, 3.8) is 0 Å². The predicted molar refractivity (Wildman–Crippen MR) is 102 cm³/mol. The number of halogens is 4. The first-order valence-electron chi connectivity index (χ1n) is 10.1. The summed E-state index contributed by atoms with van der Waals surface area (Å²) >= 11 is 0. The number of nitriles is 1. The second-order valence-electron chi connectivity index (χ2n) is 8.36. The molecule has 0 saturated heterocycles. The quantitative estimate of drug-likeness (QED) is 0.544. The number of fused-ring (bicyclic) bond motifs is 1. The molecule has 0 unspecified atom stereocenters. The Morgan fingerprint density at radius 1 is 1.19 bits per heavy atom. The molecule has 9 heteroatoms. The molecule has 0 amide bonds. The average molecular weight is 430 g/mol. The lowest BCUT2D eigenvalue weighted by Gasteiger charge is -2.42. The molecular weight excluding hydrogens is 412 g/mol. The van der Waals surface area contributed by atoms with Gasteiger partial charge in [-0.2, -0.15) is 18.4 Å². The van der Waals surface area contributed by atoms with E-state index in [0.29, 0.717) is 23.7 Å². The van der Waals surface area contributed by atoms with Crippen molar-refractivity contribution in [2.75, 3.05) is 0 Å². The number of pyridine rings is 1. The predicted octanol–water partition coefficient (Wildman–Crippen LogP) is 4.84. The number of aromatic nitrogens is 3. The van der Waals surface area contributed by atoms with Crippen LogP contribution in [0.3, 0.4) is 0 Å². The van der Waals surface area contributed by atoms with Crippen LogP contribution < -0.4 is 4.74 Å². The van der Waals surface area contributed by atoms with Gasteiger partial charge in [-0.15, -0.1) is 10.2 Å². The number of hydrogen-bond donors (Lipinski definition) is 0. The van der Waals surface area contributed by atoms with Crippen molar-refractivity contribution >= 4 is 5.65 Å². The normalized spacial score (nSPS) is 23.4. The Bertz CT molecular complexity index is 1190. The van der Waals surface area contributed by atoms with Crippen LogP contribution in [0.5, 0.6) is 5.75 Å². The van der Waals surface area contributed by atoms with Gasteiger partial charge in [0.25, 0.3) is 0 Å². The van der Waals surface area contributed by atoms with Crippen molar-refractivity contribution in [3.8, 4) is 11.8 Å². The van der Waals surface area contributed by atoms with E-state index in [1.165, 1.54) is 34.9 Å². The van der Waals surface area contributed by atoms with E-state index >= 15 is 0 Å². The monoisotopic (exact) mass is 430 g/mol. The van der Waals surface area contributed by atoms with Crippen molar-refractivity contribution in [1.29, 1.82) is 5.26 Å². The van der Waals surface area contributed by atoms with Crippen molar-refractivity contribution in [3.05, 3.63) is 59.3 Å². The van der Waals surface area contributed by atoms with Crippen LogP contribution in [0, 0.1) is 23.1 Å². The van der Waals surface area contributed by atoms with Gasteiger partial charge in [-0.3, -0.25) is 4.40 Å². The van der Waals surface area contributed by atoms with Gasteiger partial charge in [-0.05, 0) is 42.5 Å². The van der Waals surface area contributed by atoms with Gasteiger partial charge in [0.1, 0.15) is 29.1 Å². The van der Waals surface area contributed by atoms with Gasteiger partial charge in [0, 0.05) is 25.5 Å². The van der Waals surface area contributed by atoms with E-state index in [1.807, 2.05) is 0 Å². The van der Waals surface area contributed by atoms with E-state index in [1.54, 1.807) is 6.07 Å². The summed E-state index contributed by atoms with van der Waals surface area (Å²) in [5.74, 6) is 0.165. The van der Waals surface area contributed by atoms with Gasteiger partial charge in [-0.25, -0.2) is 4.39 Å². The zero-order valence-electron chi connectivity index (χ0n) is 16.4. The van der Waals surface area contributed by atoms with Crippen LogP contribution in [0.25, 0.3) is 5.65 Å². The standard InChI is InChI=1S/C22H18F4N4O/c23-15-3-1-2-14(9-15)21(12-27)10-16(11-21)31-17-6-7-30-18(8-13-4-5-13)28-29-20(30)19(17)22(24,25)26/h1-3,6-7,9,13,16H,4-5,8,10-11H2. The molecule has 0 N–H and O–H groups in total. The van der Waals surface area contributed by atoms with Crippen molar-refractivity contribution in [2.24, 2.45) is 5.92 Å². The first-order valence-corrected chi connectivity index (χ1v) is 10.1. The third kappa shape index (κ3) is 3.50. The van der Waals surface area contributed by atoms with Crippen LogP contribution in [-0.2, 0) is 18.0 Å². The number of alkyl halides is 3. The zero-order chi connectivity index (χ0) is 21.8. The van der Waals surface area contributed by atoms with Crippen molar-refractivity contribution in [2.45, 2.75) is 49.8 Å². The summed E-state index contributed by atoms with van der Waals surface area (Å²) in [5.41, 5.74) is -1.72. The summed E-state index contributed by atoms with van der Waals surface area (Å²) in [6.07, 6.45) is -0.726. The maximum atomic E-state index is 13.9. The summed E-state index contributed by atoms with van der Waals surface area (Å²) in [6, 6.07) is 9.18. The second-order valence-corrected chi connectivity index (χ2v) is 8.36. The van der Waals surface area contributed by atoms with Gasteiger partial charge >= 0.3 is 6.18 Å². The summed E-state index contributed by atoms with van der Waals surface area (Å²) in [4.78, 5) is 0. The summed E-state index contributed by atoms with van der Waals surface area (Å²) in [5, 5.41) is 17.4. The van der Waals surface area contributed by atoms with E-state index in [2.05, 4.69) is 16.3 Å². The lowest BCUT2D eigenvalue weighted by atomic mass is 9.63. The summed E-state index contributed by atoms with van der Waals surface area (Å²) in [7, 11) is 0. The molecule has 0 bridgehead atoms.